The number of hydrogen-bond donors (Lipinski definition) is 1. The van der Waals surface area contributed by atoms with E-state index in [1.165, 1.54) is 0 Å². The Kier molecular flexibility index (Phi) is 4.97. The first-order chi connectivity index (χ1) is 12.2. The summed E-state index contributed by atoms with van der Waals surface area (Å²) in [4.78, 5) is 29.2. The van der Waals surface area contributed by atoms with E-state index >= 15 is 0 Å². The van der Waals surface area contributed by atoms with Crippen LogP contribution < -0.4 is 15.4 Å². The van der Waals surface area contributed by atoms with Crippen LogP contribution in [-0.4, -0.2) is 49.5 Å². The Morgan fingerprint density at radius 1 is 1.35 bits per heavy atom. The molecule has 3 rings (SSSR count). The lowest BCUT2D eigenvalue weighted by Gasteiger charge is -2.43. The van der Waals surface area contributed by atoms with E-state index in [9.17, 15) is 9.59 Å². The second-order valence-corrected chi connectivity index (χ2v) is 8.22. The number of nitrogens with zero attached hydrogens (tertiary/aromatic N) is 2. The first kappa shape index (κ1) is 18.7. The van der Waals surface area contributed by atoms with Gasteiger partial charge in [-0.25, -0.2) is 0 Å². The van der Waals surface area contributed by atoms with Gasteiger partial charge in [0.1, 0.15) is 5.75 Å². The Morgan fingerprint density at radius 2 is 2.08 bits per heavy atom. The fourth-order valence-electron chi connectivity index (χ4n) is 3.94. The summed E-state index contributed by atoms with van der Waals surface area (Å²) < 4.78 is 5.41. The lowest BCUT2D eigenvalue weighted by atomic mass is 9.79. The molecule has 0 spiro atoms. The monoisotopic (exact) mass is 359 g/mol. The Morgan fingerprint density at radius 3 is 2.73 bits per heavy atom. The van der Waals surface area contributed by atoms with Crippen molar-refractivity contribution in [1.29, 1.82) is 0 Å². The van der Waals surface area contributed by atoms with Crippen LogP contribution >= 0.6 is 0 Å². The standard InChI is InChI=1S/C20H29N3O3/c1-13-5-6-16(26-4)15(9-13)23-11-14(10-18(23)24)19(25)22-8-7-17(21)20(2,3)12-22/h5-6,9,14,17H,7-8,10-12,21H2,1-4H3. The number of hydrogen-bond acceptors (Lipinski definition) is 4. The minimum Gasteiger partial charge on any atom is -0.495 e. The van der Waals surface area contributed by atoms with E-state index in [1.807, 2.05) is 30.0 Å². The Bertz CT molecular complexity index is 716. The smallest absolute Gasteiger partial charge is 0.228 e. The third-order valence-electron chi connectivity index (χ3n) is 5.72. The van der Waals surface area contributed by atoms with Gasteiger partial charge in [0.25, 0.3) is 0 Å². The van der Waals surface area contributed by atoms with Gasteiger partial charge in [-0.05, 0) is 36.5 Å². The van der Waals surface area contributed by atoms with E-state index in [2.05, 4.69) is 13.8 Å². The normalized spacial score (nSPS) is 25.5. The topological polar surface area (TPSA) is 75.9 Å². The third kappa shape index (κ3) is 3.43. The molecule has 2 amide bonds. The molecule has 2 aliphatic rings. The molecule has 1 aromatic carbocycles. The number of benzene rings is 1. The molecule has 2 saturated heterocycles. The third-order valence-corrected chi connectivity index (χ3v) is 5.72. The second kappa shape index (κ2) is 6.91. The summed E-state index contributed by atoms with van der Waals surface area (Å²) in [7, 11) is 1.59. The first-order valence-corrected chi connectivity index (χ1v) is 9.22. The van der Waals surface area contributed by atoms with E-state index in [0.717, 1.165) is 17.7 Å². The van der Waals surface area contributed by atoms with Crippen molar-refractivity contribution in [3.8, 4) is 5.75 Å². The molecular weight excluding hydrogens is 330 g/mol. The second-order valence-electron chi connectivity index (χ2n) is 8.22. The molecule has 2 atom stereocenters. The van der Waals surface area contributed by atoms with Gasteiger partial charge in [0.05, 0.1) is 18.7 Å². The van der Waals surface area contributed by atoms with Crippen LogP contribution in [0.3, 0.4) is 0 Å². The van der Waals surface area contributed by atoms with Crippen LogP contribution in [0.2, 0.25) is 0 Å². The van der Waals surface area contributed by atoms with E-state index in [4.69, 9.17) is 10.5 Å². The number of carbonyl (C=O) groups is 2. The zero-order valence-corrected chi connectivity index (χ0v) is 16.1. The van der Waals surface area contributed by atoms with Gasteiger partial charge in [-0.3, -0.25) is 9.59 Å². The van der Waals surface area contributed by atoms with Crippen molar-refractivity contribution in [3.63, 3.8) is 0 Å². The number of carbonyl (C=O) groups excluding carboxylic acids is 2. The van der Waals surface area contributed by atoms with Gasteiger partial charge in [-0.2, -0.15) is 0 Å². The summed E-state index contributed by atoms with van der Waals surface area (Å²) in [6, 6.07) is 5.85. The van der Waals surface area contributed by atoms with Gasteiger partial charge >= 0.3 is 0 Å². The summed E-state index contributed by atoms with van der Waals surface area (Å²) in [6.45, 7) is 7.89. The zero-order chi connectivity index (χ0) is 19.1. The molecule has 0 aliphatic carbocycles. The molecule has 2 heterocycles. The molecule has 2 unspecified atom stereocenters. The van der Waals surface area contributed by atoms with Crippen LogP contribution in [0.15, 0.2) is 18.2 Å². The lowest BCUT2D eigenvalue weighted by molar-refractivity contribution is -0.139. The van der Waals surface area contributed by atoms with Crippen LogP contribution in [0.25, 0.3) is 0 Å². The Hall–Kier alpha value is -2.08. The van der Waals surface area contributed by atoms with E-state index < -0.39 is 0 Å². The SMILES string of the molecule is COc1ccc(C)cc1N1CC(C(=O)N2CCC(N)C(C)(C)C2)CC1=O. The first-order valence-electron chi connectivity index (χ1n) is 9.22. The molecule has 2 fully saturated rings. The molecule has 6 nitrogen and oxygen atoms in total. The highest BCUT2D eigenvalue weighted by Gasteiger charge is 2.41. The maximum Gasteiger partial charge on any atom is 0.228 e. The fraction of sp³-hybridized carbons (Fsp3) is 0.600. The highest BCUT2D eigenvalue weighted by Crippen LogP contribution is 2.35. The molecule has 0 saturated carbocycles. The number of aryl methyl sites for hydroxylation is 1. The van der Waals surface area contributed by atoms with E-state index in [0.29, 0.717) is 25.4 Å². The van der Waals surface area contributed by atoms with Crippen molar-refractivity contribution < 1.29 is 14.3 Å². The maximum atomic E-state index is 13.0. The predicted molar refractivity (Wildman–Crippen MR) is 101 cm³/mol. The van der Waals surface area contributed by atoms with Crippen molar-refractivity contribution in [3.05, 3.63) is 23.8 Å². The summed E-state index contributed by atoms with van der Waals surface area (Å²) in [5, 5.41) is 0. The van der Waals surface area contributed by atoms with Gasteiger partial charge < -0.3 is 20.3 Å². The largest absolute Gasteiger partial charge is 0.495 e. The molecule has 1 aromatic rings. The number of nitrogens with two attached hydrogens (primary N) is 1. The summed E-state index contributed by atoms with van der Waals surface area (Å²) >= 11 is 0. The highest BCUT2D eigenvalue weighted by atomic mass is 16.5. The number of anilines is 1. The number of likely N-dealkylation sites (tertiary alicyclic amines) is 1. The molecule has 2 aliphatic heterocycles. The van der Waals surface area contributed by atoms with Crippen LogP contribution in [0.4, 0.5) is 5.69 Å². The highest BCUT2D eigenvalue weighted by molar-refractivity contribution is 6.01. The maximum absolute atomic E-state index is 13.0. The van der Waals surface area contributed by atoms with Crippen molar-refractivity contribution in [2.75, 3.05) is 31.6 Å². The number of piperidine rings is 1. The van der Waals surface area contributed by atoms with Crippen LogP contribution in [0.1, 0.15) is 32.3 Å². The minimum atomic E-state index is -0.308. The minimum absolute atomic E-state index is 0.0276. The number of methoxy groups -OCH3 is 1. The molecule has 0 aromatic heterocycles. The van der Waals surface area contributed by atoms with Gasteiger partial charge in [0, 0.05) is 32.1 Å². The van der Waals surface area contributed by atoms with Crippen molar-refractivity contribution in [2.45, 2.75) is 39.7 Å². The number of rotatable bonds is 3. The molecular formula is C20H29N3O3. The van der Waals surface area contributed by atoms with Gasteiger partial charge in [0.2, 0.25) is 11.8 Å². The molecule has 0 radical (unpaired) electrons. The molecule has 6 heteroatoms. The van der Waals surface area contributed by atoms with Crippen molar-refractivity contribution in [2.24, 2.45) is 17.1 Å². The summed E-state index contributed by atoms with van der Waals surface area (Å²) in [5.41, 5.74) is 7.87. The summed E-state index contributed by atoms with van der Waals surface area (Å²) in [5.74, 6) is 0.382. The molecule has 142 valence electrons. The number of amides is 2. The van der Waals surface area contributed by atoms with Crippen LogP contribution in [0, 0.1) is 18.3 Å². The Labute approximate surface area is 155 Å². The van der Waals surface area contributed by atoms with E-state index in [-0.39, 0.29) is 35.6 Å². The average molecular weight is 359 g/mol. The molecule has 0 bridgehead atoms. The molecule has 2 N–H and O–H groups in total. The quantitative estimate of drug-likeness (QED) is 0.895. The fourth-order valence-corrected chi connectivity index (χ4v) is 3.94. The van der Waals surface area contributed by atoms with Crippen molar-refractivity contribution >= 4 is 17.5 Å². The van der Waals surface area contributed by atoms with Crippen LogP contribution in [0.5, 0.6) is 5.75 Å². The summed E-state index contributed by atoms with van der Waals surface area (Å²) in [6.07, 6.45) is 1.05. The van der Waals surface area contributed by atoms with Gasteiger partial charge in [0.15, 0.2) is 0 Å². The van der Waals surface area contributed by atoms with E-state index in [1.54, 1.807) is 12.0 Å². The molecule has 26 heavy (non-hydrogen) atoms. The zero-order valence-electron chi connectivity index (χ0n) is 16.1. The lowest BCUT2D eigenvalue weighted by Crippen LogP contribution is -2.55. The Balaban J connectivity index is 1.76. The van der Waals surface area contributed by atoms with Gasteiger partial charge in [-0.1, -0.05) is 19.9 Å². The van der Waals surface area contributed by atoms with Crippen molar-refractivity contribution in [1.82, 2.24) is 4.90 Å². The van der Waals surface area contributed by atoms with Gasteiger partial charge in [-0.15, -0.1) is 0 Å². The van der Waals surface area contributed by atoms with Crippen LogP contribution in [-0.2, 0) is 9.59 Å². The predicted octanol–water partition coefficient (Wildman–Crippen LogP) is 1.94. The average Bonchev–Trinajstić information content (AvgIpc) is 2.98. The number of ether oxygens (including phenoxy) is 1.